The molecule has 0 aliphatic carbocycles. The fraction of sp³-hybridized carbons (Fsp3) is 0.105. The van der Waals surface area contributed by atoms with Crippen molar-refractivity contribution >= 4 is 37.2 Å². The van der Waals surface area contributed by atoms with Crippen LogP contribution in [0.1, 0.15) is 0 Å². The van der Waals surface area contributed by atoms with Gasteiger partial charge in [0.05, 0.1) is 0 Å². The second-order valence-electron chi connectivity index (χ2n) is 5.72. The summed E-state index contributed by atoms with van der Waals surface area (Å²) in [7, 11) is 4.06. The number of anilines is 1. The molecule has 4 heteroatoms. The number of hydrogen-bond donors (Lipinski definition) is 0. The van der Waals surface area contributed by atoms with Crippen LogP contribution in [0.4, 0.5) is 5.69 Å². The van der Waals surface area contributed by atoms with E-state index < -0.39 is 0 Å². The van der Waals surface area contributed by atoms with Crippen molar-refractivity contribution in [3.05, 3.63) is 71.1 Å². The van der Waals surface area contributed by atoms with Gasteiger partial charge in [-0.1, -0.05) is 24.3 Å². The van der Waals surface area contributed by atoms with E-state index >= 15 is 0 Å². The minimum atomic E-state index is 0.0413. The maximum Gasteiger partial charge on any atom is 0.273 e. The largest absolute Gasteiger partial charge is 0.377 e. The van der Waals surface area contributed by atoms with Crippen molar-refractivity contribution in [1.82, 2.24) is 4.57 Å². The van der Waals surface area contributed by atoms with Crippen LogP contribution in [0.5, 0.6) is 0 Å². The highest BCUT2D eigenvalue weighted by Gasteiger charge is 2.14. The van der Waals surface area contributed by atoms with Crippen molar-refractivity contribution in [2.45, 2.75) is 0 Å². The molecule has 0 bridgehead atoms. The summed E-state index contributed by atoms with van der Waals surface area (Å²) in [5, 5.41) is 2.20. The van der Waals surface area contributed by atoms with E-state index in [9.17, 15) is 4.79 Å². The molecule has 0 fully saturated rings. The molecular weight excluding hydrogens is 304 g/mol. The Kier molecular flexibility index (Phi) is 3.20. The van der Waals surface area contributed by atoms with E-state index in [1.54, 1.807) is 15.9 Å². The van der Waals surface area contributed by atoms with Gasteiger partial charge in [0.2, 0.25) is 0 Å². The van der Waals surface area contributed by atoms with Crippen LogP contribution in [0, 0.1) is 0 Å². The zero-order chi connectivity index (χ0) is 16.0. The molecule has 4 aromatic rings. The van der Waals surface area contributed by atoms with Gasteiger partial charge in [-0.2, -0.15) is 0 Å². The van der Waals surface area contributed by atoms with E-state index in [2.05, 4.69) is 23.1 Å². The molecule has 0 saturated carbocycles. The predicted molar refractivity (Wildman–Crippen MR) is 99.3 cm³/mol. The van der Waals surface area contributed by atoms with Gasteiger partial charge in [-0.25, -0.2) is 0 Å². The number of aromatic nitrogens is 1. The Balaban J connectivity index is 2.08. The highest BCUT2D eigenvalue weighted by atomic mass is 32.1. The molecule has 2 aromatic carbocycles. The monoisotopic (exact) mass is 320 g/mol. The first-order chi connectivity index (χ1) is 11.2. The van der Waals surface area contributed by atoms with Gasteiger partial charge in [0.1, 0.15) is 4.70 Å². The van der Waals surface area contributed by atoms with Crippen molar-refractivity contribution in [2.24, 2.45) is 0 Å². The van der Waals surface area contributed by atoms with E-state index in [1.807, 2.05) is 56.7 Å². The zero-order valence-corrected chi connectivity index (χ0v) is 13.8. The van der Waals surface area contributed by atoms with Gasteiger partial charge in [0.15, 0.2) is 0 Å². The molecule has 2 aromatic heterocycles. The van der Waals surface area contributed by atoms with Crippen LogP contribution < -0.4 is 10.5 Å². The SMILES string of the molecule is CN(C)c1cccc2sc3c(=O)n(-c4ccccc4)ccc3c12. The van der Waals surface area contributed by atoms with Crippen LogP contribution in [0.2, 0.25) is 0 Å². The molecule has 2 heterocycles. The lowest BCUT2D eigenvalue weighted by atomic mass is 10.1. The number of benzene rings is 2. The first-order valence-electron chi connectivity index (χ1n) is 7.46. The Bertz CT molecular complexity index is 1060. The molecule has 4 rings (SSSR count). The van der Waals surface area contributed by atoms with Crippen molar-refractivity contribution in [1.29, 1.82) is 0 Å². The highest BCUT2D eigenvalue weighted by Crippen LogP contribution is 2.37. The maximum absolute atomic E-state index is 12.9. The third-order valence-corrected chi connectivity index (χ3v) is 5.21. The molecule has 0 unspecified atom stereocenters. The first-order valence-corrected chi connectivity index (χ1v) is 8.28. The normalized spacial score (nSPS) is 11.2. The summed E-state index contributed by atoms with van der Waals surface area (Å²) < 4.78 is 3.67. The summed E-state index contributed by atoms with van der Waals surface area (Å²) in [6, 6.07) is 18.0. The van der Waals surface area contributed by atoms with Gasteiger partial charge in [0.25, 0.3) is 5.56 Å². The van der Waals surface area contributed by atoms with Crippen LogP contribution >= 0.6 is 11.3 Å². The molecule has 114 valence electrons. The van der Waals surface area contributed by atoms with Gasteiger partial charge in [-0.15, -0.1) is 11.3 Å². The van der Waals surface area contributed by atoms with Gasteiger partial charge in [0, 0.05) is 47.1 Å². The van der Waals surface area contributed by atoms with Crippen LogP contribution in [0.15, 0.2) is 65.6 Å². The van der Waals surface area contributed by atoms with E-state index in [1.165, 1.54) is 0 Å². The van der Waals surface area contributed by atoms with Crippen molar-refractivity contribution in [3.63, 3.8) is 0 Å². The first kappa shape index (κ1) is 14.0. The Morgan fingerprint density at radius 1 is 0.957 bits per heavy atom. The third-order valence-electron chi connectivity index (χ3n) is 4.05. The molecule has 0 amide bonds. The molecule has 0 aliphatic rings. The molecule has 0 radical (unpaired) electrons. The van der Waals surface area contributed by atoms with Gasteiger partial charge in [-0.3, -0.25) is 9.36 Å². The lowest BCUT2D eigenvalue weighted by Gasteiger charge is -2.14. The predicted octanol–water partition coefficient (Wildman–Crippen LogP) is 4.27. The molecular formula is C19H16N2OS. The molecule has 23 heavy (non-hydrogen) atoms. The van der Waals surface area contributed by atoms with Gasteiger partial charge < -0.3 is 4.90 Å². The van der Waals surface area contributed by atoms with E-state index in [0.29, 0.717) is 0 Å². The minimum Gasteiger partial charge on any atom is -0.377 e. The minimum absolute atomic E-state index is 0.0413. The van der Waals surface area contributed by atoms with Crippen molar-refractivity contribution in [3.8, 4) is 5.69 Å². The second-order valence-corrected chi connectivity index (χ2v) is 6.77. The average molecular weight is 320 g/mol. The molecule has 0 N–H and O–H groups in total. The van der Waals surface area contributed by atoms with Gasteiger partial charge in [-0.05, 0) is 30.3 Å². The standard InChI is InChI=1S/C19H16N2OS/c1-20(2)15-9-6-10-16-17(15)14-11-12-21(19(22)18(14)23-16)13-7-4-3-5-8-13/h3-12H,1-2H3. The fourth-order valence-electron chi connectivity index (χ4n) is 2.96. The zero-order valence-electron chi connectivity index (χ0n) is 13.0. The van der Waals surface area contributed by atoms with Crippen molar-refractivity contribution in [2.75, 3.05) is 19.0 Å². The third kappa shape index (κ3) is 2.14. The number of thiophene rings is 1. The lowest BCUT2D eigenvalue weighted by Crippen LogP contribution is -2.16. The number of nitrogens with zero attached hydrogens (tertiary/aromatic N) is 2. The number of para-hydroxylation sites is 1. The topological polar surface area (TPSA) is 25.2 Å². The molecule has 0 saturated heterocycles. The molecule has 0 aliphatic heterocycles. The smallest absolute Gasteiger partial charge is 0.273 e. The molecule has 0 spiro atoms. The molecule has 0 atom stereocenters. The average Bonchev–Trinajstić information content (AvgIpc) is 2.95. The Morgan fingerprint density at radius 2 is 1.74 bits per heavy atom. The highest BCUT2D eigenvalue weighted by molar-refractivity contribution is 7.25. The second kappa shape index (κ2) is 5.25. The summed E-state index contributed by atoms with van der Waals surface area (Å²) in [6.45, 7) is 0. The summed E-state index contributed by atoms with van der Waals surface area (Å²) in [4.78, 5) is 15.0. The van der Waals surface area contributed by atoms with Gasteiger partial charge >= 0.3 is 0 Å². The van der Waals surface area contributed by atoms with Crippen LogP contribution in [-0.2, 0) is 0 Å². The quantitative estimate of drug-likeness (QED) is 0.551. The van der Waals surface area contributed by atoms with Crippen LogP contribution in [-0.4, -0.2) is 18.7 Å². The van der Waals surface area contributed by atoms with E-state index in [4.69, 9.17) is 0 Å². The summed E-state index contributed by atoms with van der Waals surface area (Å²) in [5.74, 6) is 0. The van der Waals surface area contributed by atoms with E-state index in [0.717, 1.165) is 31.5 Å². The molecule has 3 nitrogen and oxygen atoms in total. The van der Waals surface area contributed by atoms with Crippen LogP contribution in [0.25, 0.3) is 25.9 Å². The number of fused-ring (bicyclic) bond motifs is 3. The lowest BCUT2D eigenvalue weighted by molar-refractivity contribution is 1.01. The number of hydrogen-bond acceptors (Lipinski definition) is 3. The Labute approximate surface area is 138 Å². The Hall–Kier alpha value is -2.59. The van der Waals surface area contributed by atoms with Crippen LogP contribution in [0.3, 0.4) is 0 Å². The summed E-state index contributed by atoms with van der Waals surface area (Å²) >= 11 is 1.57. The maximum atomic E-state index is 12.9. The fourth-order valence-corrected chi connectivity index (χ4v) is 4.11. The summed E-state index contributed by atoms with van der Waals surface area (Å²) in [5.41, 5.74) is 2.08. The van der Waals surface area contributed by atoms with E-state index in [-0.39, 0.29) is 5.56 Å². The van der Waals surface area contributed by atoms with Crippen molar-refractivity contribution < 1.29 is 0 Å². The number of pyridine rings is 1. The summed E-state index contributed by atoms with van der Waals surface area (Å²) in [6.07, 6.45) is 1.87. The Morgan fingerprint density at radius 3 is 2.48 bits per heavy atom. The number of rotatable bonds is 2.